The van der Waals surface area contributed by atoms with E-state index in [0.717, 1.165) is 23.6 Å². The van der Waals surface area contributed by atoms with Crippen LogP contribution in [0, 0.1) is 0 Å². The molecule has 4 nitrogen and oxygen atoms in total. The van der Waals surface area contributed by atoms with Crippen LogP contribution in [0.1, 0.15) is 36.5 Å². The van der Waals surface area contributed by atoms with Crippen LogP contribution < -0.4 is 0 Å². The summed E-state index contributed by atoms with van der Waals surface area (Å²) >= 11 is 0. The van der Waals surface area contributed by atoms with Gasteiger partial charge in [-0.25, -0.2) is 0 Å². The van der Waals surface area contributed by atoms with Gasteiger partial charge >= 0.3 is 0 Å². The van der Waals surface area contributed by atoms with Crippen LogP contribution in [-0.4, -0.2) is 39.7 Å². The van der Waals surface area contributed by atoms with Gasteiger partial charge in [-0.15, -0.1) is 0 Å². The molecular weight excluding hydrogens is 278 g/mol. The average molecular weight is 299 g/mol. The number of carbonyl (C=O) groups excluding carboxylic acids is 1. The Balaban J connectivity index is 1.92. The Morgan fingerprint density at radius 1 is 1.32 bits per heavy atom. The number of benzene rings is 2. The number of rotatable bonds is 3. The number of aromatic hydroxyl groups is 1. The Kier molecular flexibility index (Phi) is 4.03. The zero-order valence-electron chi connectivity index (χ0n) is 12.7. The van der Waals surface area contributed by atoms with Gasteiger partial charge in [0.25, 0.3) is 5.91 Å². The summed E-state index contributed by atoms with van der Waals surface area (Å²) in [4.78, 5) is 14.6. The molecule has 0 radical (unpaired) electrons. The Labute approximate surface area is 130 Å². The smallest absolute Gasteiger partial charge is 0.257 e. The van der Waals surface area contributed by atoms with Crippen molar-refractivity contribution in [1.82, 2.24) is 4.90 Å². The SMILES string of the molecule is C[C@H](O)C[C@@H]1CCCN1C(=O)c1cc2ccccc2cc1O. The van der Waals surface area contributed by atoms with Crippen molar-refractivity contribution < 1.29 is 15.0 Å². The van der Waals surface area contributed by atoms with Crippen molar-refractivity contribution in [3.05, 3.63) is 42.0 Å². The van der Waals surface area contributed by atoms with E-state index in [2.05, 4.69) is 0 Å². The zero-order chi connectivity index (χ0) is 15.7. The van der Waals surface area contributed by atoms with E-state index in [9.17, 15) is 15.0 Å². The highest BCUT2D eigenvalue weighted by Crippen LogP contribution is 2.29. The van der Waals surface area contributed by atoms with Crippen molar-refractivity contribution in [2.45, 2.75) is 38.3 Å². The van der Waals surface area contributed by atoms with Gasteiger partial charge in [-0.3, -0.25) is 4.79 Å². The molecule has 2 atom stereocenters. The Morgan fingerprint density at radius 3 is 2.68 bits per heavy atom. The predicted octanol–water partition coefficient (Wildman–Crippen LogP) is 2.92. The van der Waals surface area contributed by atoms with Crippen molar-refractivity contribution in [3.8, 4) is 5.75 Å². The van der Waals surface area contributed by atoms with Crippen molar-refractivity contribution in [3.63, 3.8) is 0 Å². The molecule has 0 aliphatic carbocycles. The summed E-state index contributed by atoms with van der Waals surface area (Å²) in [6.07, 6.45) is 2.01. The number of nitrogens with zero attached hydrogens (tertiary/aromatic N) is 1. The summed E-state index contributed by atoms with van der Waals surface area (Å²) < 4.78 is 0. The minimum absolute atomic E-state index is 0.0198. The fraction of sp³-hybridized carbons (Fsp3) is 0.389. The molecular formula is C18H21NO3. The summed E-state index contributed by atoms with van der Waals surface area (Å²) in [5, 5.41) is 21.7. The number of fused-ring (bicyclic) bond motifs is 1. The van der Waals surface area contributed by atoms with E-state index in [1.54, 1.807) is 24.0 Å². The monoisotopic (exact) mass is 299 g/mol. The van der Waals surface area contributed by atoms with Crippen LogP contribution in [0.3, 0.4) is 0 Å². The third-order valence-electron chi connectivity index (χ3n) is 4.35. The van der Waals surface area contributed by atoms with E-state index >= 15 is 0 Å². The predicted molar refractivity (Wildman–Crippen MR) is 86.0 cm³/mol. The van der Waals surface area contributed by atoms with Crippen LogP contribution in [0.2, 0.25) is 0 Å². The van der Waals surface area contributed by atoms with E-state index in [1.807, 2.05) is 24.3 Å². The largest absolute Gasteiger partial charge is 0.507 e. The number of likely N-dealkylation sites (tertiary alicyclic amines) is 1. The Bertz CT molecular complexity index is 696. The van der Waals surface area contributed by atoms with Crippen LogP contribution in [0.25, 0.3) is 10.8 Å². The van der Waals surface area contributed by atoms with Gasteiger partial charge in [0.05, 0.1) is 11.7 Å². The molecule has 2 aromatic rings. The van der Waals surface area contributed by atoms with E-state index in [1.165, 1.54) is 0 Å². The van der Waals surface area contributed by atoms with Crippen molar-refractivity contribution in [2.75, 3.05) is 6.54 Å². The Hall–Kier alpha value is -2.07. The maximum Gasteiger partial charge on any atom is 0.257 e. The molecule has 2 N–H and O–H groups in total. The maximum absolute atomic E-state index is 12.8. The normalized spacial score (nSPS) is 19.5. The maximum atomic E-state index is 12.8. The summed E-state index contributed by atoms with van der Waals surface area (Å²) in [5.74, 6) is -0.127. The minimum atomic E-state index is -0.427. The van der Waals surface area contributed by atoms with Crippen LogP contribution in [0.4, 0.5) is 0 Å². The third-order valence-corrected chi connectivity index (χ3v) is 4.35. The molecule has 4 heteroatoms. The molecule has 1 fully saturated rings. The van der Waals surface area contributed by atoms with Crippen molar-refractivity contribution in [1.29, 1.82) is 0 Å². The molecule has 1 aliphatic heterocycles. The van der Waals surface area contributed by atoms with E-state index < -0.39 is 6.10 Å². The molecule has 1 saturated heterocycles. The molecule has 2 aromatic carbocycles. The van der Waals surface area contributed by atoms with Gasteiger partial charge in [0.2, 0.25) is 0 Å². The van der Waals surface area contributed by atoms with E-state index in [4.69, 9.17) is 0 Å². The second-order valence-electron chi connectivity index (χ2n) is 6.10. The first-order chi connectivity index (χ1) is 10.6. The molecule has 0 unspecified atom stereocenters. The van der Waals surface area contributed by atoms with Crippen LogP contribution in [-0.2, 0) is 0 Å². The van der Waals surface area contributed by atoms with Gasteiger partial charge in [0.1, 0.15) is 5.75 Å². The highest BCUT2D eigenvalue weighted by molar-refractivity contribution is 6.01. The van der Waals surface area contributed by atoms with Gasteiger partial charge in [0.15, 0.2) is 0 Å². The first-order valence-corrected chi connectivity index (χ1v) is 7.77. The number of phenols is 1. The molecule has 0 aromatic heterocycles. The third kappa shape index (κ3) is 2.79. The van der Waals surface area contributed by atoms with Crippen LogP contribution >= 0.6 is 0 Å². The molecule has 1 heterocycles. The molecule has 1 amide bonds. The van der Waals surface area contributed by atoms with Crippen molar-refractivity contribution >= 4 is 16.7 Å². The molecule has 116 valence electrons. The number of aliphatic hydroxyl groups excluding tert-OH is 1. The van der Waals surface area contributed by atoms with Gasteiger partial charge in [-0.1, -0.05) is 24.3 Å². The molecule has 0 spiro atoms. The van der Waals surface area contributed by atoms with Gasteiger partial charge < -0.3 is 15.1 Å². The minimum Gasteiger partial charge on any atom is -0.507 e. The van der Waals surface area contributed by atoms with E-state index in [-0.39, 0.29) is 17.7 Å². The topological polar surface area (TPSA) is 60.8 Å². The average Bonchev–Trinajstić information content (AvgIpc) is 2.93. The highest BCUT2D eigenvalue weighted by Gasteiger charge is 2.31. The summed E-state index contributed by atoms with van der Waals surface area (Å²) in [6, 6.07) is 11.1. The summed E-state index contributed by atoms with van der Waals surface area (Å²) in [7, 11) is 0. The molecule has 0 saturated carbocycles. The van der Waals surface area contributed by atoms with Gasteiger partial charge in [-0.2, -0.15) is 0 Å². The first kappa shape index (κ1) is 14.9. The highest BCUT2D eigenvalue weighted by atomic mass is 16.3. The standard InChI is InChI=1S/C18H21NO3/c1-12(20)9-15-7-4-8-19(15)18(22)16-10-13-5-2-3-6-14(13)11-17(16)21/h2-3,5-6,10-12,15,20-21H,4,7-9H2,1H3/t12-,15-/m0/s1. The Morgan fingerprint density at radius 2 is 2.00 bits per heavy atom. The van der Waals surface area contributed by atoms with E-state index in [0.29, 0.717) is 18.5 Å². The number of aliphatic hydroxyl groups is 1. The van der Waals surface area contributed by atoms with Crippen molar-refractivity contribution in [2.24, 2.45) is 0 Å². The quantitative estimate of drug-likeness (QED) is 0.916. The summed E-state index contributed by atoms with van der Waals surface area (Å²) in [6.45, 7) is 2.43. The van der Waals surface area contributed by atoms with Crippen LogP contribution in [0.5, 0.6) is 5.75 Å². The lowest BCUT2D eigenvalue weighted by molar-refractivity contribution is 0.0679. The van der Waals surface area contributed by atoms with Gasteiger partial charge in [-0.05, 0) is 49.1 Å². The second kappa shape index (κ2) is 5.97. The van der Waals surface area contributed by atoms with Gasteiger partial charge in [0, 0.05) is 12.6 Å². The second-order valence-corrected chi connectivity index (χ2v) is 6.10. The molecule has 0 bridgehead atoms. The number of hydrogen-bond acceptors (Lipinski definition) is 3. The number of carbonyl (C=O) groups is 1. The number of amides is 1. The fourth-order valence-electron chi connectivity index (χ4n) is 3.30. The fourth-order valence-corrected chi connectivity index (χ4v) is 3.30. The first-order valence-electron chi connectivity index (χ1n) is 7.77. The zero-order valence-corrected chi connectivity index (χ0v) is 12.7. The van der Waals surface area contributed by atoms with Crippen LogP contribution in [0.15, 0.2) is 36.4 Å². The molecule has 1 aliphatic rings. The summed E-state index contributed by atoms with van der Waals surface area (Å²) in [5.41, 5.74) is 0.344. The lowest BCUT2D eigenvalue weighted by Crippen LogP contribution is -2.37. The lowest BCUT2D eigenvalue weighted by atomic mass is 10.0. The lowest BCUT2D eigenvalue weighted by Gasteiger charge is -2.26. The molecule has 3 rings (SSSR count). The molecule has 22 heavy (non-hydrogen) atoms. The number of phenolic OH excluding ortho intramolecular Hbond substituents is 1. The number of hydrogen-bond donors (Lipinski definition) is 2.